The number of nitrogens with two attached hydrogens (primary N) is 1. The van der Waals surface area contributed by atoms with E-state index in [2.05, 4.69) is 11.4 Å². The summed E-state index contributed by atoms with van der Waals surface area (Å²) in [5.74, 6) is 0.901. The number of nitrogens with one attached hydrogen (secondary N) is 1. The number of hydrogen-bond acceptors (Lipinski definition) is 3. The van der Waals surface area contributed by atoms with E-state index in [0.717, 1.165) is 12.2 Å². The molecule has 0 spiro atoms. The third kappa shape index (κ3) is 3.47. The molecule has 0 aromatic heterocycles. The lowest BCUT2D eigenvalue weighted by Gasteiger charge is -2.18. The first-order valence-corrected chi connectivity index (χ1v) is 6.24. The zero-order valence-corrected chi connectivity index (χ0v) is 10.9. The average molecular weight is 248 g/mol. The van der Waals surface area contributed by atoms with E-state index >= 15 is 0 Å². The van der Waals surface area contributed by atoms with Crippen LogP contribution in [0.25, 0.3) is 0 Å². The second kappa shape index (κ2) is 4.98. The molecule has 0 bridgehead atoms. The van der Waals surface area contributed by atoms with E-state index in [9.17, 15) is 4.79 Å². The van der Waals surface area contributed by atoms with Crippen LogP contribution in [0.5, 0.6) is 5.75 Å². The summed E-state index contributed by atoms with van der Waals surface area (Å²) in [6.07, 6.45) is 1.21. The Labute approximate surface area is 108 Å². The third-order valence-corrected chi connectivity index (χ3v) is 2.86. The van der Waals surface area contributed by atoms with Crippen LogP contribution in [0.15, 0.2) is 24.3 Å². The fraction of sp³-hybridized carbons (Fsp3) is 0.500. The number of hydrogen-bond donors (Lipinski definition) is 2. The molecular weight excluding hydrogens is 228 g/mol. The Kier molecular flexibility index (Phi) is 3.57. The van der Waals surface area contributed by atoms with Crippen molar-refractivity contribution in [2.45, 2.75) is 38.3 Å². The van der Waals surface area contributed by atoms with Crippen LogP contribution in [0.2, 0.25) is 0 Å². The van der Waals surface area contributed by atoms with Gasteiger partial charge in [-0.05, 0) is 25.5 Å². The zero-order chi connectivity index (χ0) is 13.2. The van der Waals surface area contributed by atoms with Crippen LogP contribution in [-0.4, -0.2) is 24.1 Å². The van der Waals surface area contributed by atoms with E-state index in [1.165, 1.54) is 5.56 Å². The fourth-order valence-corrected chi connectivity index (χ4v) is 2.07. The topological polar surface area (TPSA) is 64.4 Å². The standard InChI is InChI=1S/C14H20N2O2/c1-14(2,15)8-13(17)16-9-11-7-10-5-3-4-6-12(10)18-11/h3-6,11H,7-9,15H2,1-2H3,(H,16,17). The number of carbonyl (C=O) groups is 1. The van der Waals surface area contributed by atoms with Crippen LogP contribution in [0.1, 0.15) is 25.8 Å². The Morgan fingerprint density at radius 2 is 2.22 bits per heavy atom. The van der Waals surface area contributed by atoms with Gasteiger partial charge in [0.15, 0.2) is 0 Å². The van der Waals surface area contributed by atoms with Crippen LogP contribution >= 0.6 is 0 Å². The number of benzene rings is 1. The first-order chi connectivity index (χ1) is 8.44. The van der Waals surface area contributed by atoms with Gasteiger partial charge in [-0.1, -0.05) is 18.2 Å². The summed E-state index contributed by atoms with van der Waals surface area (Å²) in [6.45, 7) is 4.21. The molecule has 1 aliphatic heterocycles. The predicted octanol–water partition coefficient (Wildman–Crippen LogP) is 1.23. The SMILES string of the molecule is CC(C)(N)CC(=O)NCC1Cc2ccccc2O1. The van der Waals surface area contributed by atoms with Gasteiger partial charge in [-0.15, -0.1) is 0 Å². The number of carbonyl (C=O) groups excluding carboxylic acids is 1. The van der Waals surface area contributed by atoms with Crippen LogP contribution < -0.4 is 15.8 Å². The molecule has 0 radical (unpaired) electrons. The van der Waals surface area contributed by atoms with Gasteiger partial charge in [0, 0.05) is 18.4 Å². The van der Waals surface area contributed by atoms with E-state index in [1.54, 1.807) is 0 Å². The molecule has 1 atom stereocenters. The van der Waals surface area contributed by atoms with Crippen molar-refractivity contribution in [2.75, 3.05) is 6.54 Å². The quantitative estimate of drug-likeness (QED) is 0.842. The highest BCUT2D eigenvalue weighted by Gasteiger charge is 2.23. The number of fused-ring (bicyclic) bond motifs is 1. The zero-order valence-electron chi connectivity index (χ0n) is 10.9. The van der Waals surface area contributed by atoms with E-state index in [1.807, 2.05) is 32.0 Å². The van der Waals surface area contributed by atoms with E-state index in [-0.39, 0.29) is 12.0 Å². The van der Waals surface area contributed by atoms with E-state index in [0.29, 0.717) is 13.0 Å². The molecule has 4 nitrogen and oxygen atoms in total. The minimum atomic E-state index is -0.469. The highest BCUT2D eigenvalue weighted by molar-refractivity contribution is 5.77. The first-order valence-electron chi connectivity index (χ1n) is 6.24. The molecule has 1 aliphatic rings. The maximum absolute atomic E-state index is 11.6. The fourth-order valence-electron chi connectivity index (χ4n) is 2.07. The van der Waals surface area contributed by atoms with Gasteiger partial charge < -0.3 is 15.8 Å². The van der Waals surface area contributed by atoms with Crippen LogP contribution in [-0.2, 0) is 11.2 Å². The molecule has 1 unspecified atom stereocenters. The average Bonchev–Trinajstić information content (AvgIpc) is 2.66. The Morgan fingerprint density at radius 3 is 2.89 bits per heavy atom. The molecule has 4 heteroatoms. The first kappa shape index (κ1) is 12.9. The van der Waals surface area contributed by atoms with Gasteiger partial charge >= 0.3 is 0 Å². The smallest absolute Gasteiger partial charge is 0.221 e. The molecule has 18 heavy (non-hydrogen) atoms. The lowest BCUT2D eigenvalue weighted by molar-refractivity contribution is -0.122. The van der Waals surface area contributed by atoms with Crippen LogP contribution in [0.4, 0.5) is 0 Å². The molecular formula is C14H20N2O2. The van der Waals surface area contributed by atoms with Crippen molar-refractivity contribution in [3.05, 3.63) is 29.8 Å². The predicted molar refractivity (Wildman–Crippen MR) is 70.5 cm³/mol. The summed E-state index contributed by atoms with van der Waals surface area (Å²) in [7, 11) is 0. The van der Waals surface area contributed by atoms with Crippen LogP contribution in [0.3, 0.4) is 0 Å². The van der Waals surface area contributed by atoms with Crippen molar-refractivity contribution >= 4 is 5.91 Å². The maximum atomic E-state index is 11.6. The Morgan fingerprint density at radius 1 is 1.50 bits per heavy atom. The molecule has 0 saturated heterocycles. The Bertz CT molecular complexity index is 413. The van der Waals surface area contributed by atoms with Crippen molar-refractivity contribution in [1.82, 2.24) is 5.32 Å². The molecule has 1 aromatic carbocycles. The minimum absolute atomic E-state index is 0.0259. The largest absolute Gasteiger partial charge is 0.488 e. The molecule has 98 valence electrons. The molecule has 0 saturated carbocycles. The van der Waals surface area contributed by atoms with Gasteiger partial charge in [0.1, 0.15) is 11.9 Å². The number of rotatable bonds is 4. The second-order valence-electron chi connectivity index (χ2n) is 5.52. The van der Waals surface area contributed by atoms with Gasteiger partial charge in [-0.3, -0.25) is 4.79 Å². The molecule has 1 aromatic rings. The summed E-state index contributed by atoms with van der Waals surface area (Å²) < 4.78 is 5.74. The molecule has 1 heterocycles. The molecule has 2 rings (SSSR count). The second-order valence-corrected chi connectivity index (χ2v) is 5.52. The van der Waals surface area contributed by atoms with Crippen molar-refractivity contribution < 1.29 is 9.53 Å². The monoisotopic (exact) mass is 248 g/mol. The van der Waals surface area contributed by atoms with Crippen molar-refractivity contribution in [2.24, 2.45) is 5.73 Å². The molecule has 0 aliphatic carbocycles. The highest BCUT2D eigenvalue weighted by Crippen LogP contribution is 2.27. The number of para-hydroxylation sites is 1. The van der Waals surface area contributed by atoms with Crippen LogP contribution in [0, 0.1) is 0 Å². The minimum Gasteiger partial charge on any atom is -0.488 e. The summed E-state index contributed by atoms with van der Waals surface area (Å²) in [6, 6.07) is 7.97. The van der Waals surface area contributed by atoms with Crippen molar-refractivity contribution in [3.8, 4) is 5.75 Å². The number of ether oxygens (including phenoxy) is 1. The van der Waals surface area contributed by atoms with Gasteiger partial charge in [-0.2, -0.15) is 0 Å². The van der Waals surface area contributed by atoms with Gasteiger partial charge in [0.2, 0.25) is 5.91 Å². The molecule has 1 amide bonds. The summed E-state index contributed by atoms with van der Waals surface area (Å²) >= 11 is 0. The van der Waals surface area contributed by atoms with Crippen molar-refractivity contribution in [1.29, 1.82) is 0 Å². The van der Waals surface area contributed by atoms with E-state index in [4.69, 9.17) is 10.5 Å². The lowest BCUT2D eigenvalue weighted by Crippen LogP contribution is -2.41. The normalized spacial score (nSPS) is 18.1. The van der Waals surface area contributed by atoms with E-state index < -0.39 is 5.54 Å². The summed E-state index contributed by atoms with van der Waals surface area (Å²) in [5, 5.41) is 2.87. The summed E-state index contributed by atoms with van der Waals surface area (Å²) in [5.41, 5.74) is 6.53. The maximum Gasteiger partial charge on any atom is 0.221 e. The highest BCUT2D eigenvalue weighted by atomic mass is 16.5. The number of amides is 1. The Hall–Kier alpha value is -1.55. The third-order valence-electron chi connectivity index (χ3n) is 2.86. The van der Waals surface area contributed by atoms with Gasteiger partial charge in [0.25, 0.3) is 0 Å². The Balaban J connectivity index is 1.79. The summed E-state index contributed by atoms with van der Waals surface area (Å²) in [4.78, 5) is 11.6. The lowest BCUT2D eigenvalue weighted by atomic mass is 10.0. The van der Waals surface area contributed by atoms with Gasteiger partial charge in [-0.25, -0.2) is 0 Å². The van der Waals surface area contributed by atoms with Crippen molar-refractivity contribution in [3.63, 3.8) is 0 Å². The molecule has 0 fully saturated rings. The van der Waals surface area contributed by atoms with Gasteiger partial charge in [0.05, 0.1) is 6.54 Å². The molecule has 3 N–H and O–H groups in total.